The molecule has 0 radical (unpaired) electrons. The van der Waals surface area contributed by atoms with E-state index in [9.17, 15) is 9.59 Å². The summed E-state index contributed by atoms with van der Waals surface area (Å²) >= 11 is 5.86. The molecule has 2 rings (SSSR count). The van der Waals surface area contributed by atoms with Crippen LogP contribution < -0.4 is 5.73 Å². The van der Waals surface area contributed by atoms with Crippen LogP contribution in [0.25, 0.3) is 0 Å². The number of piperazine rings is 1. The fraction of sp³-hybridized carbons (Fsp3) is 0.429. The minimum absolute atomic E-state index is 0.0298. The van der Waals surface area contributed by atoms with Gasteiger partial charge in [-0.3, -0.25) is 4.79 Å². The molecular weight excluding hydrogens is 292 g/mol. The maximum atomic E-state index is 12.4. The Bertz CT molecular complexity index is 554. The van der Waals surface area contributed by atoms with Crippen LogP contribution >= 0.6 is 11.6 Å². The molecule has 0 saturated carbocycles. The molecule has 0 aliphatic carbocycles. The minimum Gasteiger partial charge on any atom is -0.398 e. The Morgan fingerprint density at radius 1 is 1.14 bits per heavy atom. The van der Waals surface area contributed by atoms with Crippen LogP contribution in [0.5, 0.6) is 0 Å². The van der Waals surface area contributed by atoms with Crippen molar-refractivity contribution in [3.05, 3.63) is 28.8 Å². The monoisotopic (exact) mass is 310 g/mol. The van der Waals surface area contributed by atoms with Gasteiger partial charge in [0.05, 0.1) is 10.7 Å². The molecule has 6 nitrogen and oxygen atoms in total. The minimum atomic E-state index is -0.0877. The maximum absolute atomic E-state index is 12.4. The van der Waals surface area contributed by atoms with Gasteiger partial charge in [-0.1, -0.05) is 11.6 Å². The summed E-state index contributed by atoms with van der Waals surface area (Å²) in [7, 11) is 3.44. The molecule has 2 N–H and O–H groups in total. The normalized spacial score (nSPS) is 15.0. The van der Waals surface area contributed by atoms with E-state index < -0.39 is 0 Å². The molecular formula is C14H19ClN4O2. The average Bonchev–Trinajstić information content (AvgIpc) is 2.48. The Morgan fingerprint density at radius 3 is 2.24 bits per heavy atom. The Kier molecular flexibility index (Phi) is 4.57. The van der Waals surface area contributed by atoms with E-state index in [2.05, 4.69) is 0 Å². The van der Waals surface area contributed by atoms with E-state index in [0.29, 0.717) is 42.5 Å². The van der Waals surface area contributed by atoms with Gasteiger partial charge in [0.15, 0.2) is 0 Å². The number of benzene rings is 1. The van der Waals surface area contributed by atoms with Crippen LogP contribution in [0.1, 0.15) is 10.4 Å². The number of hydrogen-bond donors (Lipinski definition) is 1. The first kappa shape index (κ1) is 15.4. The number of hydrogen-bond acceptors (Lipinski definition) is 3. The third-order valence-electron chi connectivity index (χ3n) is 3.46. The van der Waals surface area contributed by atoms with E-state index in [1.807, 2.05) is 0 Å². The van der Waals surface area contributed by atoms with E-state index in [-0.39, 0.29) is 11.9 Å². The summed E-state index contributed by atoms with van der Waals surface area (Å²) in [5, 5.41) is 0.438. The van der Waals surface area contributed by atoms with Gasteiger partial charge in [-0.2, -0.15) is 0 Å². The number of nitrogens with zero attached hydrogens (tertiary/aromatic N) is 3. The topological polar surface area (TPSA) is 69.9 Å². The second kappa shape index (κ2) is 6.22. The molecule has 0 bridgehead atoms. The second-order valence-electron chi connectivity index (χ2n) is 5.19. The first-order valence-corrected chi connectivity index (χ1v) is 7.08. The molecule has 1 saturated heterocycles. The number of carbonyl (C=O) groups is 2. The zero-order valence-electron chi connectivity index (χ0n) is 12.2. The van der Waals surface area contributed by atoms with Crippen molar-refractivity contribution in [2.24, 2.45) is 0 Å². The number of nitrogens with two attached hydrogens (primary N) is 1. The van der Waals surface area contributed by atoms with E-state index in [1.165, 1.54) is 4.90 Å². The molecule has 114 valence electrons. The predicted molar refractivity (Wildman–Crippen MR) is 82.4 cm³/mol. The van der Waals surface area contributed by atoms with Crippen molar-refractivity contribution in [3.63, 3.8) is 0 Å². The van der Waals surface area contributed by atoms with Gasteiger partial charge in [0, 0.05) is 45.8 Å². The number of carbonyl (C=O) groups excluding carboxylic acids is 2. The van der Waals surface area contributed by atoms with Crippen LogP contribution in [-0.4, -0.2) is 66.9 Å². The van der Waals surface area contributed by atoms with Crippen molar-refractivity contribution in [1.82, 2.24) is 14.7 Å². The number of amides is 3. The van der Waals surface area contributed by atoms with Crippen LogP contribution in [0.4, 0.5) is 10.5 Å². The van der Waals surface area contributed by atoms with Crippen LogP contribution in [0.15, 0.2) is 18.2 Å². The molecule has 1 aliphatic rings. The molecule has 0 spiro atoms. The van der Waals surface area contributed by atoms with Crippen molar-refractivity contribution in [2.45, 2.75) is 0 Å². The Labute approximate surface area is 129 Å². The predicted octanol–water partition coefficient (Wildman–Crippen LogP) is 1.36. The lowest BCUT2D eigenvalue weighted by molar-refractivity contribution is 0.0650. The van der Waals surface area contributed by atoms with Crippen LogP contribution in [0.2, 0.25) is 5.02 Å². The third kappa shape index (κ3) is 3.39. The standard InChI is InChI=1S/C14H19ClN4O2/c1-17(2)14(21)19-7-5-18(6-8-19)13(20)10-3-4-11(15)12(16)9-10/h3-4,9H,5-8,16H2,1-2H3. The first-order chi connectivity index (χ1) is 9.90. The van der Waals surface area contributed by atoms with E-state index in [1.54, 1.807) is 42.1 Å². The van der Waals surface area contributed by atoms with E-state index >= 15 is 0 Å². The van der Waals surface area contributed by atoms with Gasteiger partial charge in [-0.25, -0.2) is 4.79 Å². The summed E-state index contributed by atoms with van der Waals surface area (Å²) in [6.45, 7) is 2.10. The summed E-state index contributed by atoms with van der Waals surface area (Å²) in [6.07, 6.45) is 0. The zero-order chi connectivity index (χ0) is 15.6. The van der Waals surface area contributed by atoms with Gasteiger partial charge in [0.2, 0.25) is 0 Å². The quantitative estimate of drug-likeness (QED) is 0.796. The first-order valence-electron chi connectivity index (χ1n) is 6.70. The van der Waals surface area contributed by atoms with Crippen LogP contribution in [0, 0.1) is 0 Å². The van der Waals surface area contributed by atoms with Gasteiger partial charge in [-0.05, 0) is 18.2 Å². The van der Waals surface area contributed by atoms with Crippen molar-refractivity contribution in [3.8, 4) is 0 Å². The molecule has 1 aliphatic heterocycles. The number of nitrogen functional groups attached to an aromatic ring is 1. The molecule has 0 unspecified atom stereocenters. The molecule has 7 heteroatoms. The summed E-state index contributed by atoms with van der Waals surface area (Å²) in [6, 6.07) is 4.84. The van der Waals surface area contributed by atoms with Crippen molar-refractivity contribution in [1.29, 1.82) is 0 Å². The fourth-order valence-corrected chi connectivity index (χ4v) is 2.36. The third-order valence-corrected chi connectivity index (χ3v) is 3.81. The molecule has 21 heavy (non-hydrogen) atoms. The zero-order valence-corrected chi connectivity index (χ0v) is 12.9. The number of rotatable bonds is 1. The van der Waals surface area contributed by atoms with E-state index in [0.717, 1.165) is 0 Å². The summed E-state index contributed by atoms with van der Waals surface area (Å²) in [5.41, 5.74) is 6.63. The number of halogens is 1. The smallest absolute Gasteiger partial charge is 0.319 e. The molecule has 1 fully saturated rings. The SMILES string of the molecule is CN(C)C(=O)N1CCN(C(=O)c2ccc(Cl)c(N)c2)CC1. The van der Waals surface area contributed by atoms with Crippen molar-refractivity contribution in [2.75, 3.05) is 46.0 Å². The molecule has 1 aromatic rings. The van der Waals surface area contributed by atoms with Gasteiger partial charge in [-0.15, -0.1) is 0 Å². The molecule has 3 amide bonds. The van der Waals surface area contributed by atoms with Gasteiger partial charge in [0.1, 0.15) is 0 Å². The highest BCUT2D eigenvalue weighted by molar-refractivity contribution is 6.33. The largest absolute Gasteiger partial charge is 0.398 e. The van der Waals surface area contributed by atoms with Crippen LogP contribution in [0.3, 0.4) is 0 Å². The lowest BCUT2D eigenvalue weighted by Gasteiger charge is -2.36. The molecule has 1 heterocycles. The average molecular weight is 311 g/mol. The van der Waals surface area contributed by atoms with Gasteiger partial charge in [0.25, 0.3) is 5.91 Å². The Balaban J connectivity index is 2.00. The lowest BCUT2D eigenvalue weighted by atomic mass is 10.1. The van der Waals surface area contributed by atoms with Crippen LogP contribution in [-0.2, 0) is 0 Å². The number of urea groups is 1. The van der Waals surface area contributed by atoms with Gasteiger partial charge >= 0.3 is 6.03 Å². The van der Waals surface area contributed by atoms with Gasteiger partial charge < -0.3 is 20.4 Å². The summed E-state index contributed by atoms with van der Waals surface area (Å²) in [4.78, 5) is 29.2. The van der Waals surface area contributed by atoms with Crippen molar-refractivity contribution < 1.29 is 9.59 Å². The fourth-order valence-electron chi connectivity index (χ4n) is 2.24. The molecule has 1 aromatic carbocycles. The lowest BCUT2D eigenvalue weighted by Crippen LogP contribution is -2.52. The molecule has 0 aromatic heterocycles. The molecule has 0 atom stereocenters. The second-order valence-corrected chi connectivity index (χ2v) is 5.60. The summed E-state index contributed by atoms with van der Waals surface area (Å²) in [5.74, 6) is -0.0877. The maximum Gasteiger partial charge on any atom is 0.319 e. The number of anilines is 1. The van der Waals surface area contributed by atoms with Crippen molar-refractivity contribution >= 4 is 29.2 Å². The highest BCUT2D eigenvalue weighted by Gasteiger charge is 2.25. The summed E-state index contributed by atoms with van der Waals surface area (Å²) < 4.78 is 0. The Morgan fingerprint density at radius 2 is 1.71 bits per heavy atom. The Hall–Kier alpha value is -1.95. The highest BCUT2D eigenvalue weighted by Crippen LogP contribution is 2.20. The van der Waals surface area contributed by atoms with E-state index in [4.69, 9.17) is 17.3 Å². The highest BCUT2D eigenvalue weighted by atomic mass is 35.5.